The van der Waals surface area contributed by atoms with E-state index < -0.39 is 0 Å². The lowest BCUT2D eigenvalue weighted by molar-refractivity contribution is 0.0164. The zero-order chi connectivity index (χ0) is 14.5. The first-order valence-corrected chi connectivity index (χ1v) is 7.88. The van der Waals surface area contributed by atoms with Crippen LogP contribution >= 0.6 is 0 Å². The maximum absolute atomic E-state index is 3.37. The van der Waals surface area contributed by atoms with E-state index in [9.17, 15) is 0 Å². The molecule has 1 saturated carbocycles. The van der Waals surface area contributed by atoms with Crippen LogP contribution in [0.3, 0.4) is 0 Å². The van der Waals surface area contributed by atoms with Crippen molar-refractivity contribution in [3.63, 3.8) is 0 Å². The van der Waals surface area contributed by atoms with Gasteiger partial charge < -0.3 is 15.1 Å². The minimum atomic E-state index is 0.398. The molecule has 0 aliphatic heterocycles. The fraction of sp³-hybridized carbons (Fsp3) is 1.00. The van der Waals surface area contributed by atoms with E-state index in [-0.39, 0.29) is 0 Å². The van der Waals surface area contributed by atoms with Gasteiger partial charge in [0, 0.05) is 25.2 Å². The average Bonchev–Trinajstić information content (AvgIpc) is 2.23. The van der Waals surface area contributed by atoms with Gasteiger partial charge in [-0.2, -0.15) is 0 Å². The fourth-order valence-electron chi connectivity index (χ4n) is 3.80. The molecule has 0 radical (unpaired) electrons. The van der Waals surface area contributed by atoms with Crippen LogP contribution in [0.5, 0.6) is 0 Å². The molecular formula is C16H35N3. The second-order valence-corrected chi connectivity index (χ2v) is 7.24. The van der Waals surface area contributed by atoms with Crippen LogP contribution in [-0.2, 0) is 0 Å². The third-order valence-corrected chi connectivity index (χ3v) is 4.91. The quantitative estimate of drug-likeness (QED) is 0.693. The van der Waals surface area contributed by atoms with E-state index >= 15 is 0 Å². The third-order valence-electron chi connectivity index (χ3n) is 4.91. The second-order valence-electron chi connectivity index (χ2n) is 7.24. The van der Waals surface area contributed by atoms with Gasteiger partial charge in [-0.3, -0.25) is 0 Å². The van der Waals surface area contributed by atoms with Crippen molar-refractivity contribution in [3.8, 4) is 0 Å². The summed E-state index contributed by atoms with van der Waals surface area (Å²) >= 11 is 0. The SMILES string of the molecule is CCCC(C)(CNC)CN(C)CC1(N(C)C)CCC1. The topological polar surface area (TPSA) is 18.5 Å². The van der Waals surface area contributed by atoms with Gasteiger partial charge in [0.1, 0.15) is 0 Å². The van der Waals surface area contributed by atoms with Crippen LogP contribution in [-0.4, -0.2) is 63.2 Å². The second kappa shape index (κ2) is 7.05. The van der Waals surface area contributed by atoms with E-state index in [1.54, 1.807) is 0 Å². The highest BCUT2D eigenvalue weighted by Gasteiger charge is 2.40. The minimum Gasteiger partial charge on any atom is -0.319 e. The van der Waals surface area contributed by atoms with Gasteiger partial charge in [-0.1, -0.05) is 20.3 Å². The molecule has 1 unspecified atom stereocenters. The van der Waals surface area contributed by atoms with Crippen molar-refractivity contribution in [3.05, 3.63) is 0 Å². The summed E-state index contributed by atoms with van der Waals surface area (Å²) in [7, 11) is 8.85. The molecule has 1 fully saturated rings. The Morgan fingerprint density at radius 2 is 1.84 bits per heavy atom. The lowest BCUT2D eigenvalue weighted by Gasteiger charge is -2.50. The molecule has 1 aliphatic carbocycles. The van der Waals surface area contributed by atoms with Crippen LogP contribution in [0.25, 0.3) is 0 Å². The summed E-state index contributed by atoms with van der Waals surface area (Å²) in [5.41, 5.74) is 0.844. The van der Waals surface area contributed by atoms with E-state index in [0.717, 1.165) is 6.54 Å². The summed E-state index contributed by atoms with van der Waals surface area (Å²) in [6, 6.07) is 0. The predicted molar refractivity (Wildman–Crippen MR) is 84.7 cm³/mol. The van der Waals surface area contributed by atoms with Crippen molar-refractivity contribution >= 4 is 0 Å². The highest BCUT2D eigenvalue weighted by molar-refractivity contribution is 4.98. The Labute approximate surface area is 120 Å². The lowest BCUT2D eigenvalue weighted by atomic mass is 9.75. The van der Waals surface area contributed by atoms with Crippen LogP contribution in [0, 0.1) is 5.41 Å². The molecule has 1 rings (SSSR count). The summed E-state index contributed by atoms with van der Waals surface area (Å²) in [4.78, 5) is 5.01. The normalized spacial score (nSPS) is 21.5. The summed E-state index contributed by atoms with van der Waals surface area (Å²) in [5.74, 6) is 0. The van der Waals surface area contributed by atoms with Crippen molar-refractivity contribution in [1.82, 2.24) is 15.1 Å². The van der Waals surface area contributed by atoms with Crippen LogP contribution in [0.1, 0.15) is 46.0 Å². The van der Waals surface area contributed by atoms with Gasteiger partial charge in [-0.05, 0) is 59.3 Å². The van der Waals surface area contributed by atoms with Crippen LogP contribution < -0.4 is 5.32 Å². The van der Waals surface area contributed by atoms with Crippen molar-refractivity contribution in [2.24, 2.45) is 5.41 Å². The van der Waals surface area contributed by atoms with E-state index in [2.05, 4.69) is 57.2 Å². The number of rotatable bonds is 9. The fourth-order valence-corrected chi connectivity index (χ4v) is 3.80. The monoisotopic (exact) mass is 269 g/mol. The molecule has 0 spiro atoms. The van der Waals surface area contributed by atoms with Crippen molar-refractivity contribution in [2.75, 3.05) is 47.8 Å². The van der Waals surface area contributed by atoms with Crippen molar-refractivity contribution < 1.29 is 0 Å². The van der Waals surface area contributed by atoms with Gasteiger partial charge in [0.25, 0.3) is 0 Å². The molecule has 0 aromatic heterocycles. The first-order valence-electron chi connectivity index (χ1n) is 7.88. The Hall–Kier alpha value is -0.120. The summed E-state index contributed by atoms with van der Waals surface area (Å²) in [6.07, 6.45) is 6.69. The van der Waals surface area contributed by atoms with Gasteiger partial charge in [-0.25, -0.2) is 0 Å². The van der Waals surface area contributed by atoms with E-state index in [0.29, 0.717) is 11.0 Å². The Kier molecular flexibility index (Phi) is 6.28. The molecule has 0 bridgehead atoms. The largest absolute Gasteiger partial charge is 0.319 e. The highest BCUT2D eigenvalue weighted by atomic mass is 15.2. The molecule has 0 saturated heterocycles. The summed E-state index contributed by atoms with van der Waals surface area (Å²) in [6.45, 7) is 8.23. The molecule has 0 aromatic rings. The summed E-state index contributed by atoms with van der Waals surface area (Å²) < 4.78 is 0. The first-order chi connectivity index (χ1) is 8.87. The Morgan fingerprint density at radius 3 is 2.21 bits per heavy atom. The molecule has 3 nitrogen and oxygen atoms in total. The molecule has 0 heterocycles. The van der Waals surface area contributed by atoms with E-state index in [1.165, 1.54) is 45.2 Å². The van der Waals surface area contributed by atoms with E-state index in [4.69, 9.17) is 0 Å². The van der Waals surface area contributed by atoms with Gasteiger partial charge in [0.05, 0.1) is 0 Å². The zero-order valence-electron chi connectivity index (χ0n) is 14.1. The average molecular weight is 269 g/mol. The van der Waals surface area contributed by atoms with Gasteiger partial charge >= 0.3 is 0 Å². The number of nitrogens with zero attached hydrogens (tertiary/aromatic N) is 2. The number of hydrogen-bond donors (Lipinski definition) is 1. The van der Waals surface area contributed by atoms with Crippen molar-refractivity contribution in [2.45, 2.75) is 51.5 Å². The summed E-state index contributed by atoms with van der Waals surface area (Å²) in [5, 5.41) is 3.37. The smallest absolute Gasteiger partial charge is 0.0330 e. The molecule has 0 amide bonds. The van der Waals surface area contributed by atoms with E-state index in [1.807, 2.05) is 0 Å². The molecule has 1 atom stereocenters. The highest BCUT2D eigenvalue weighted by Crippen LogP contribution is 2.37. The predicted octanol–water partition coefficient (Wildman–Crippen LogP) is 2.43. The van der Waals surface area contributed by atoms with Crippen molar-refractivity contribution in [1.29, 1.82) is 0 Å². The van der Waals surface area contributed by atoms with Crippen LogP contribution in [0.15, 0.2) is 0 Å². The van der Waals surface area contributed by atoms with Crippen LogP contribution in [0.4, 0.5) is 0 Å². The Morgan fingerprint density at radius 1 is 1.21 bits per heavy atom. The standard InChI is InChI=1S/C16H35N3/c1-7-9-15(2,12-17-3)13-19(6)14-16(18(4)5)10-8-11-16/h17H,7-14H2,1-6H3. The number of nitrogens with one attached hydrogen (secondary N) is 1. The van der Waals surface area contributed by atoms with Gasteiger partial charge in [0.15, 0.2) is 0 Å². The Balaban J connectivity index is 2.54. The molecular weight excluding hydrogens is 234 g/mol. The third kappa shape index (κ3) is 4.44. The Bertz CT molecular complexity index is 253. The zero-order valence-corrected chi connectivity index (χ0v) is 14.1. The molecule has 114 valence electrons. The maximum atomic E-state index is 3.37. The molecule has 19 heavy (non-hydrogen) atoms. The van der Waals surface area contributed by atoms with Gasteiger partial charge in [0.2, 0.25) is 0 Å². The molecule has 0 aromatic carbocycles. The minimum absolute atomic E-state index is 0.398. The number of hydrogen-bond acceptors (Lipinski definition) is 3. The first kappa shape index (κ1) is 16.9. The van der Waals surface area contributed by atoms with Crippen LogP contribution in [0.2, 0.25) is 0 Å². The number of likely N-dealkylation sites (N-methyl/N-ethyl adjacent to an activating group) is 2. The van der Waals surface area contributed by atoms with Gasteiger partial charge in [-0.15, -0.1) is 0 Å². The maximum Gasteiger partial charge on any atom is 0.0330 e. The lowest BCUT2D eigenvalue weighted by Crippen LogP contribution is -2.57. The molecule has 3 heteroatoms. The molecule has 1 N–H and O–H groups in total. The molecule has 1 aliphatic rings.